The first-order valence-corrected chi connectivity index (χ1v) is 9.23. The standard InChI is InChI=1S/C18H26N4O3/c23-18(20-15-6-9-25-17(15)13-4-5-13)21-16-3-1-2-14(19-16)12-22-7-10-24-11-8-22/h1-3,13,15,17H,4-12H2,(H2,19,20,21,23)/t15-,17+/m1/s1. The lowest BCUT2D eigenvalue weighted by Crippen LogP contribution is -2.43. The molecule has 2 aliphatic heterocycles. The molecular weight excluding hydrogens is 320 g/mol. The molecule has 1 aliphatic carbocycles. The van der Waals surface area contributed by atoms with Gasteiger partial charge >= 0.3 is 6.03 Å². The molecule has 2 N–H and O–H groups in total. The predicted molar refractivity (Wildman–Crippen MR) is 93.4 cm³/mol. The van der Waals surface area contributed by atoms with Crippen LogP contribution in [0.15, 0.2) is 18.2 Å². The molecule has 1 aromatic rings. The summed E-state index contributed by atoms with van der Waals surface area (Å²) in [5.41, 5.74) is 0.958. The Kier molecular flexibility index (Phi) is 5.14. The first kappa shape index (κ1) is 16.8. The van der Waals surface area contributed by atoms with E-state index in [4.69, 9.17) is 9.47 Å². The summed E-state index contributed by atoms with van der Waals surface area (Å²) in [6, 6.07) is 5.67. The van der Waals surface area contributed by atoms with Gasteiger partial charge in [-0.25, -0.2) is 9.78 Å². The lowest BCUT2D eigenvalue weighted by Gasteiger charge is -2.26. The number of rotatable bonds is 5. The van der Waals surface area contributed by atoms with E-state index < -0.39 is 0 Å². The number of carbonyl (C=O) groups excluding carboxylic acids is 1. The number of nitrogens with one attached hydrogen (secondary N) is 2. The normalized spacial score (nSPS) is 27.2. The predicted octanol–water partition coefficient (Wildman–Crippen LogP) is 1.60. The van der Waals surface area contributed by atoms with E-state index in [2.05, 4.69) is 20.5 Å². The average molecular weight is 346 g/mol. The molecule has 1 aromatic heterocycles. The van der Waals surface area contributed by atoms with Gasteiger partial charge in [-0.05, 0) is 37.3 Å². The van der Waals surface area contributed by atoms with E-state index in [1.165, 1.54) is 12.8 Å². The van der Waals surface area contributed by atoms with E-state index in [9.17, 15) is 4.79 Å². The lowest BCUT2D eigenvalue weighted by atomic mass is 10.1. The summed E-state index contributed by atoms with van der Waals surface area (Å²) in [6.07, 6.45) is 3.51. The van der Waals surface area contributed by atoms with Crippen molar-refractivity contribution in [1.29, 1.82) is 0 Å². The van der Waals surface area contributed by atoms with Crippen LogP contribution in [0.2, 0.25) is 0 Å². The summed E-state index contributed by atoms with van der Waals surface area (Å²) in [7, 11) is 0. The highest BCUT2D eigenvalue weighted by Crippen LogP contribution is 2.38. The van der Waals surface area contributed by atoms with Crippen LogP contribution in [0.1, 0.15) is 25.0 Å². The van der Waals surface area contributed by atoms with Crippen LogP contribution in [0, 0.1) is 5.92 Å². The molecule has 3 fully saturated rings. The van der Waals surface area contributed by atoms with Crippen LogP contribution >= 0.6 is 0 Å². The highest BCUT2D eigenvalue weighted by atomic mass is 16.5. The summed E-state index contributed by atoms with van der Waals surface area (Å²) in [4.78, 5) is 19.2. The van der Waals surface area contributed by atoms with Crippen LogP contribution in [-0.4, -0.2) is 61.0 Å². The molecule has 0 aromatic carbocycles. The van der Waals surface area contributed by atoms with Gasteiger partial charge in [-0.15, -0.1) is 0 Å². The Balaban J connectivity index is 1.30. The Morgan fingerprint density at radius 2 is 2.04 bits per heavy atom. The Morgan fingerprint density at radius 3 is 2.84 bits per heavy atom. The first-order valence-electron chi connectivity index (χ1n) is 9.23. The molecule has 7 nitrogen and oxygen atoms in total. The summed E-state index contributed by atoms with van der Waals surface area (Å²) in [5.74, 6) is 1.22. The molecular formula is C18H26N4O3. The van der Waals surface area contributed by atoms with Crippen molar-refractivity contribution in [2.45, 2.75) is 38.0 Å². The number of nitrogens with zero attached hydrogens (tertiary/aromatic N) is 2. The number of anilines is 1. The number of aromatic nitrogens is 1. The van der Waals surface area contributed by atoms with Crippen molar-refractivity contribution in [1.82, 2.24) is 15.2 Å². The molecule has 3 aliphatic rings. The van der Waals surface area contributed by atoms with Gasteiger partial charge in [-0.2, -0.15) is 0 Å². The fraction of sp³-hybridized carbons (Fsp3) is 0.667. The minimum Gasteiger partial charge on any atom is -0.379 e. The van der Waals surface area contributed by atoms with Crippen molar-refractivity contribution >= 4 is 11.8 Å². The van der Waals surface area contributed by atoms with Gasteiger partial charge in [0.15, 0.2) is 0 Å². The summed E-state index contributed by atoms with van der Waals surface area (Å²) in [6.45, 7) is 4.90. The van der Waals surface area contributed by atoms with Gasteiger partial charge in [0.2, 0.25) is 0 Å². The molecule has 2 atom stereocenters. The smallest absolute Gasteiger partial charge is 0.320 e. The highest BCUT2D eigenvalue weighted by molar-refractivity contribution is 5.88. The van der Waals surface area contributed by atoms with Gasteiger partial charge < -0.3 is 14.8 Å². The highest BCUT2D eigenvalue weighted by Gasteiger charge is 2.41. The van der Waals surface area contributed by atoms with Crippen LogP contribution < -0.4 is 10.6 Å². The maximum absolute atomic E-state index is 12.3. The van der Waals surface area contributed by atoms with Crippen molar-refractivity contribution in [2.75, 3.05) is 38.2 Å². The van der Waals surface area contributed by atoms with Crippen molar-refractivity contribution in [3.63, 3.8) is 0 Å². The van der Waals surface area contributed by atoms with Crippen LogP contribution in [-0.2, 0) is 16.0 Å². The van der Waals surface area contributed by atoms with E-state index in [1.54, 1.807) is 0 Å². The zero-order valence-corrected chi connectivity index (χ0v) is 14.4. The minimum atomic E-state index is -0.197. The molecule has 3 heterocycles. The second-order valence-corrected chi connectivity index (χ2v) is 7.07. The number of ether oxygens (including phenoxy) is 2. The van der Waals surface area contributed by atoms with Crippen molar-refractivity contribution < 1.29 is 14.3 Å². The van der Waals surface area contributed by atoms with Gasteiger partial charge in [0, 0.05) is 26.2 Å². The van der Waals surface area contributed by atoms with Crippen molar-refractivity contribution in [3.05, 3.63) is 23.9 Å². The van der Waals surface area contributed by atoms with Crippen molar-refractivity contribution in [3.8, 4) is 0 Å². The van der Waals surface area contributed by atoms with E-state index in [0.29, 0.717) is 11.7 Å². The van der Waals surface area contributed by atoms with Gasteiger partial charge in [0.1, 0.15) is 5.82 Å². The van der Waals surface area contributed by atoms with Gasteiger partial charge in [-0.1, -0.05) is 6.07 Å². The van der Waals surface area contributed by atoms with E-state index in [-0.39, 0.29) is 18.2 Å². The molecule has 0 unspecified atom stereocenters. The lowest BCUT2D eigenvalue weighted by molar-refractivity contribution is 0.0337. The quantitative estimate of drug-likeness (QED) is 0.847. The number of pyridine rings is 1. The second-order valence-electron chi connectivity index (χ2n) is 7.07. The average Bonchev–Trinajstić information content (AvgIpc) is 3.36. The third-order valence-electron chi connectivity index (χ3n) is 5.08. The summed E-state index contributed by atoms with van der Waals surface area (Å²) < 4.78 is 11.1. The first-order chi connectivity index (χ1) is 12.3. The fourth-order valence-corrected chi connectivity index (χ4v) is 3.60. The Morgan fingerprint density at radius 1 is 1.20 bits per heavy atom. The zero-order valence-electron chi connectivity index (χ0n) is 14.4. The van der Waals surface area contributed by atoms with Gasteiger partial charge in [-0.3, -0.25) is 10.2 Å². The number of hydrogen-bond acceptors (Lipinski definition) is 5. The van der Waals surface area contributed by atoms with Crippen LogP contribution in [0.4, 0.5) is 10.6 Å². The number of urea groups is 1. The van der Waals surface area contributed by atoms with Crippen LogP contribution in [0.3, 0.4) is 0 Å². The zero-order chi connectivity index (χ0) is 17.1. The molecule has 0 radical (unpaired) electrons. The Bertz CT molecular complexity index is 602. The molecule has 25 heavy (non-hydrogen) atoms. The fourth-order valence-electron chi connectivity index (χ4n) is 3.60. The topological polar surface area (TPSA) is 75.7 Å². The number of carbonyl (C=O) groups is 1. The van der Waals surface area contributed by atoms with E-state index in [0.717, 1.165) is 51.6 Å². The Labute approximate surface area is 148 Å². The number of hydrogen-bond donors (Lipinski definition) is 2. The molecule has 2 saturated heterocycles. The maximum Gasteiger partial charge on any atom is 0.320 e. The van der Waals surface area contributed by atoms with Gasteiger partial charge in [0.25, 0.3) is 0 Å². The van der Waals surface area contributed by atoms with Crippen LogP contribution in [0.5, 0.6) is 0 Å². The Hall–Kier alpha value is -1.70. The van der Waals surface area contributed by atoms with Crippen molar-refractivity contribution in [2.24, 2.45) is 5.92 Å². The molecule has 2 amide bonds. The summed E-state index contributed by atoms with van der Waals surface area (Å²) in [5, 5.41) is 5.92. The third kappa shape index (κ3) is 4.48. The molecule has 136 valence electrons. The monoisotopic (exact) mass is 346 g/mol. The third-order valence-corrected chi connectivity index (χ3v) is 5.08. The maximum atomic E-state index is 12.3. The number of morpholine rings is 1. The SMILES string of the molecule is O=C(Nc1cccc(CN2CCOCC2)n1)N[C@@H]1CCO[C@H]1C1CC1. The molecule has 4 rings (SSSR count). The van der Waals surface area contributed by atoms with Crippen LogP contribution in [0.25, 0.3) is 0 Å². The number of amides is 2. The second kappa shape index (κ2) is 7.68. The van der Waals surface area contributed by atoms with E-state index in [1.807, 2.05) is 18.2 Å². The minimum absolute atomic E-state index is 0.115. The molecule has 0 bridgehead atoms. The van der Waals surface area contributed by atoms with E-state index >= 15 is 0 Å². The largest absolute Gasteiger partial charge is 0.379 e. The summed E-state index contributed by atoms with van der Waals surface area (Å²) >= 11 is 0. The molecule has 0 spiro atoms. The molecule has 1 saturated carbocycles. The van der Waals surface area contributed by atoms with Gasteiger partial charge in [0.05, 0.1) is 31.1 Å². The molecule has 7 heteroatoms.